The largest absolute Gasteiger partial charge is 0.480 e. The fraction of sp³-hybridized carbons (Fsp3) is 0.500. The number of hydrogen-bond acceptors (Lipinski definition) is 3. The zero-order valence-corrected chi connectivity index (χ0v) is 8.06. The van der Waals surface area contributed by atoms with Gasteiger partial charge in [-0.05, 0) is 0 Å². The van der Waals surface area contributed by atoms with Crippen LogP contribution in [-0.2, 0) is 14.3 Å². The minimum absolute atomic E-state index is 0. The third-order valence-electron chi connectivity index (χ3n) is 0.451. The second kappa shape index (κ2) is 6.41. The van der Waals surface area contributed by atoms with Crippen LogP contribution in [-0.4, -0.2) is 35.4 Å². The van der Waals surface area contributed by atoms with Gasteiger partial charge in [0.15, 0.2) is 0 Å². The van der Waals surface area contributed by atoms with Crippen LogP contribution >= 0.6 is 0 Å². The van der Waals surface area contributed by atoms with Crippen molar-refractivity contribution >= 4 is 11.9 Å². The summed E-state index contributed by atoms with van der Waals surface area (Å²) < 4.78 is 4.16. The Hall–Kier alpha value is -0.710. The van der Waals surface area contributed by atoms with E-state index in [0.29, 0.717) is 0 Å². The molecule has 0 fully saturated rings. The van der Waals surface area contributed by atoms with Gasteiger partial charge in [0.1, 0.15) is 13.2 Å². The van der Waals surface area contributed by atoms with Gasteiger partial charge in [-0.2, -0.15) is 0 Å². The van der Waals surface area contributed by atoms with Crippen LogP contribution in [0.2, 0.25) is 0 Å². The maximum atomic E-state index is 9.66. The monoisotopic (exact) mass is 375 g/mol. The summed E-state index contributed by atoms with van der Waals surface area (Å²) >= 11 is 0. The van der Waals surface area contributed by atoms with Gasteiger partial charge in [-0.1, -0.05) is 0 Å². The molecule has 0 aliphatic heterocycles. The molecule has 0 aliphatic carbocycles. The van der Waals surface area contributed by atoms with Gasteiger partial charge in [0.25, 0.3) is 0 Å². The van der Waals surface area contributed by atoms with Crippen LogP contribution in [0.4, 0.5) is 0 Å². The van der Waals surface area contributed by atoms with Crippen LogP contribution in [0.3, 0.4) is 0 Å². The number of rotatable bonds is 4. The molecule has 0 spiro atoms. The molecule has 0 rings (SSSR count). The molecule has 0 unspecified atom stereocenters. The molecule has 0 amide bonds. The molecule has 5 nitrogen and oxygen atoms in total. The summed E-state index contributed by atoms with van der Waals surface area (Å²) in [6, 6.07) is 0. The summed E-state index contributed by atoms with van der Waals surface area (Å²) in [5.41, 5.74) is 0. The molecule has 1 radical (unpaired) electrons. The number of carboxylic acid groups (broad SMARTS) is 2. The standard InChI is InChI=1S/C4H6O5.Am/c5-3(6)1-9-2-4(7)8;/h1-2H2,(H,5,6)(H,7,8);. The Morgan fingerprint density at radius 3 is 1.60 bits per heavy atom. The molecule has 10 heavy (non-hydrogen) atoms. The Balaban J connectivity index is 0. The van der Waals surface area contributed by atoms with E-state index in [1.54, 1.807) is 0 Å². The van der Waals surface area contributed by atoms with Gasteiger partial charge in [0.2, 0.25) is 0 Å². The van der Waals surface area contributed by atoms with E-state index in [9.17, 15) is 9.59 Å². The third-order valence-corrected chi connectivity index (χ3v) is 0.451. The van der Waals surface area contributed by atoms with Crippen molar-refractivity contribution in [3.63, 3.8) is 0 Å². The molecule has 0 aromatic rings. The van der Waals surface area contributed by atoms with E-state index in [1.807, 2.05) is 0 Å². The predicted octanol–water partition coefficient (Wildman–Crippen LogP) is -0.828. The molecular weight excluding hydrogens is 371 g/mol. The van der Waals surface area contributed by atoms with Gasteiger partial charge in [0.05, 0.1) is 0 Å². The maximum Gasteiger partial charge on any atom is 0.329 e. The minimum Gasteiger partial charge on any atom is -0.480 e. The van der Waals surface area contributed by atoms with Crippen molar-refractivity contribution in [2.45, 2.75) is 0 Å². The van der Waals surface area contributed by atoms with Crippen LogP contribution in [0.5, 0.6) is 0 Å². The first-order valence-electron chi connectivity index (χ1n) is 2.14. The molecule has 59 valence electrons. The molecule has 0 saturated carbocycles. The van der Waals surface area contributed by atoms with Crippen molar-refractivity contribution < 1.29 is 38.8 Å². The van der Waals surface area contributed by atoms with Gasteiger partial charge in [-0.3, -0.25) is 0 Å². The van der Waals surface area contributed by atoms with Crippen LogP contribution in [0.1, 0.15) is 0 Å². The number of carbonyl (C=O) groups is 2. The molecule has 0 bridgehead atoms. The number of carboxylic acids is 2. The Kier molecular flexibility index (Phi) is 7.70. The van der Waals surface area contributed by atoms with E-state index < -0.39 is 25.2 Å². The van der Waals surface area contributed by atoms with Crippen molar-refractivity contribution in [3.05, 3.63) is 0 Å². The van der Waals surface area contributed by atoms with Crippen molar-refractivity contribution in [2.75, 3.05) is 13.2 Å². The summed E-state index contributed by atoms with van der Waals surface area (Å²) in [5, 5.41) is 15.8. The molecule has 0 aromatic carbocycles. The molecule has 2 N–H and O–H groups in total. The second-order valence-corrected chi connectivity index (χ2v) is 1.28. The Bertz CT molecular complexity index is 109. The molecule has 0 aliphatic rings. The molecule has 0 heterocycles. The third kappa shape index (κ3) is 10.3. The molecular formula is C4H6AmO5. The van der Waals surface area contributed by atoms with E-state index in [4.69, 9.17) is 10.2 Å². The maximum absolute atomic E-state index is 9.66. The first-order valence-corrected chi connectivity index (χ1v) is 2.14. The zero-order valence-electron chi connectivity index (χ0n) is 4.91. The fourth-order valence-electron chi connectivity index (χ4n) is 0.226. The normalized spacial score (nSPS) is 8.00. The Morgan fingerprint density at radius 2 is 1.40 bits per heavy atom. The van der Waals surface area contributed by atoms with Gasteiger partial charge >= 0.3 is 11.9 Å². The summed E-state index contributed by atoms with van der Waals surface area (Å²) in [6.07, 6.45) is 0. The Morgan fingerprint density at radius 1 is 1.10 bits per heavy atom. The fourth-order valence-corrected chi connectivity index (χ4v) is 0.226. The van der Waals surface area contributed by atoms with E-state index in [0.717, 1.165) is 0 Å². The summed E-state index contributed by atoms with van der Waals surface area (Å²) in [5.74, 6) is -2.34. The first-order chi connectivity index (χ1) is 4.13. The Labute approximate surface area is 64.8 Å². The van der Waals surface area contributed by atoms with Crippen LogP contribution in [0.15, 0.2) is 0 Å². The van der Waals surface area contributed by atoms with Gasteiger partial charge in [-0.15, -0.1) is 0 Å². The van der Waals surface area contributed by atoms with Crippen LogP contribution in [0.25, 0.3) is 0 Å². The van der Waals surface area contributed by atoms with Crippen LogP contribution in [0, 0.1) is 14.3 Å². The van der Waals surface area contributed by atoms with Crippen molar-refractivity contribution in [1.29, 1.82) is 0 Å². The summed E-state index contributed by atoms with van der Waals surface area (Å²) in [4.78, 5) is 19.3. The summed E-state index contributed by atoms with van der Waals surface area (Å²) in [7, 11) is 0. The zero-order chi connectivity index (χ0) is 7.28. The average Bonchev–Trinajstić information content (AvgIpc) is 1.63. The predicted molar refractivity (Wildman–Crippen MR) is 26.1 cm³/mol. The number of hydrogen-bond donors (Lipinski definition) is 2. The molecule has 0 aromatic heterocycles. The van der Waals surface area contributed by atoms with Crippen LogP contribution < -0.4 is 0 Å². The van der Waals surface area contributed by atoms with Crippen molar-refractivity contribution in [1.82, 2.24) is 0 Å². The number of ether oxygens (including phenoxy) is 1. The molecule has 6 heteroatoms. The van der Waals surface area contributed by atoms with Gasteiger partial charge < -0.3 is 14.9 Å². The SMILES string of the molecule is O=C(O)COCC(=O)O.[Am]. The van der Waals surface area contributed by atoms with E-state index >= 15 is 0 Å². The average molecular weight is 377 g/mol. The summed E-state index contributed by atoms with van der Waals surface area (Å²) in [6.45, 7) is -1.13. The van der Waals surface area contributed by atoms with E-state index in [-0.39, 0.29) is 14.3 Å². The quantitative estimate of drug-likeness (QED) is 0.669. The van der Waals surface area contributed by atoms with Crippen molar-refractivity contribution in [3.8, 4) is 0 Å². The van der Waals surface area contributed by atoms with Crippen molar-refractivity contribution in [2.24, 2.45) is 0 Å². The van der Waals surface area contributed by atoms with Gasteiger partial charge in [-0.25, -0.2) is 9.59 Å². The molecule has 0 atom stereocenters. The second-order valence-electron chi connectivity index (χ2n) is 1.28. The topological polar surface area (TPSA) is 83.8 Å². The first kappa shape index (κ1) is 12.0. The minimum atomic E-state index is -1.17. The smallest absolute Gasteiger partial charge is 0.329 e. The number of aliphatic carboxylic acids is 2. The van der Waals surface area contributed by atoms with E-state index in [1.165, 1.54) is 0 Å². The molecule has 0 saturated heterocycles. The van der Waals surface area contributed by atoms with E-state index in [2.05, 4.69) is 4.74 Å². The van der Waals surface area contributed by atoms with Gasteiger partial charge in [0, 0.05) is 14.3 Å².